The third-order valence-corrected chi connectivity index (χ3v) is 2.58. The maximum atomic E-state index is 13.5. The SMILES string of the molecule is CNC(CCOCC(F)F)c1ccc(F)c(F)c1F. The van der Waals surface area contributed by atoms with Gasteiger partial charge in [-0.1, -0.05) is 6.07 Å². The molecule has 0 aliphatic rings. The predicted molar refractivity (Wildman–Crippen MR) is 59.6 cm³/mol. The molecule has 0 saturated heterocycles. The molecule has 1 aromatic carbocycles. The summed E-state index contributed by atoms with van der Waals surface area (Å²) in [6.07, 6.45) is -2.42. The fourth-order valence-electron chi connectivity index (χ4n) is 1.64. The van der Waals surface area contributed by atoms with Gasteiger partial charge in [-0.25, -0.2) is 22.0 Å². The first kappa shape index (κ1) is 15.8. The first-order valence-corrected chi connectivity index (χ1v) is 5.64. The van der Waals surface area contributed by atoms with Crippen LogP contribution in [0.4, 0.5) is 22.0 Å². The lowest BCUT2D eigenvalue weighted by atomic mass is 10.0. The van der Waals surface area contributed by atoms with E-state index < -0.39 is 36.5 Å². The van der Waals surface area contributed by atoms with Gasteiger partial charge in [-0.3, -0.25) is 0 Å². The predicted octanol–water partition coefficient (Wildman–Crippen LogP) is 3.04. The fraction of sp³-hybridized carbons (Fsp3) is 0.500. The minimum atomic E-state index is -2.58. The van der Waals surface area contributed by atoms with Gasteiger partial charge >= 0.3 is 0 Å². The van der Waals surface area contributed by atoms with Crippen molar-refractivity contribution in [1.29, 1.82) is 0 Å². The van der Waals surface area contributed by atoms with E-state index in [1.807, 2.05) is 0 Å². The van der Waals surface area contributed by atoms with Crippen LogP contribution in [0.3, 0.4) is 0 Å². The molecule has 0 aliphatic carbocycles. The van der Waals surface area contributed by atoms with Crippen LogP contribution in [0, 0.1) is 17.5 Å². The Morgan fingerprint density at radius 3 is 2.42 bits per heavy atom. The molecule has 1 unspecified atom stereocenters. The zero-order valence-electron chi connectivity index (χ0n) is 10.2. The fourth-order valence-corrected chi connectivity index (χ4v) is 1.64. The second-order valence-electron chi connectivity index (χ2n) is 3.86. The highest BCUT2D eigenvalue weighted by Crippen LogP contribution is 2.23. The molecule has 0 amide bonds. The Bertz CT molecular complexity index is 413. The number of hydrogen-bond donors (Lipinski definition) is 1. The lowest BCUT2D eigenvalue weighted by Gasteiger charge is -2.17. The van der Waals surface area contributed by atoms with Gasteiger partial charge in [-0.05, 0) is 19.5 Å². The van der Waals surface area contributed by atoms with Gasteiger partial charge in [0.2, 0.25) is 0 Å². The van der Waals surface area contributed by atoms with E-state index in [2.05, 4.69) is 10.1 Å². The van der Waals surface area contributed by atoms with Gasteiger partial charge < -0.3 is 10.1 Å². The summed E-state index contributed by atoms with van der Waals surface area (Å²) >= 11 is 0. The third-order valence-electron chi connectivity index (χ3n) is 2.58. The van der Waals surface area contributed by atoms with Gasteiger partial charge in [0.15, 0.2) is 17.5 Å². The average molecular weight is 283 g/mol. The standard InChI is InChI=1S/C12H14F5NO/c1-18-9(4-5-19-6-10(14)15)7-2-3-8(13)12(17)11(7)16/h2-3,9-10,18H,4-6H2,1H3. The second kappa shape index (κ2) is 7.40. The van der Waals surface area contributed by atoms with Crippen molar-refractivity contribution < 1.29 is 26.7 Å². The molecule has 0 radical (unpaired) electrons. The summed E-state index contributed by atoms with van der Waals surface area (Å²) in [4.78, 5) is 0. The van der Waals surface area contributed by atoms with Crippen molar-refractivity contribution in [2.45, 2.75) is 18.9 Å². The maximum Gasteiger partial charge on any atom is 0.261 e. The first-order chi connectivity index (χ1) is 8.97. The molecular weight excluding hydrogens is 269 g/mol. The molecule has 108 valence electrons. The Kier molecular flexibility index (Phi) is 6.17. The third kappa shape index (κ3) is 4.43. The van der Waals surface area contributed by atoms with Gasteiger partial charge in [-0.15, -0.1) is 0 Å². The Labute approximate surface area is 107 Å². The Morgan fingerprint density at radius 1 is 1.16 bits per heavy atom. The van der Waals surface area contributed by atoms with E-state index in [0.29, 0.717) is 0 Å². The molecule has 0 fully saturated rings. The van der Waals surface area contributed by atoms with Gasteiger partial charge in [0, 0.05) is 18.2 Å². The Morgan fingerprint density at radius 2 is 1.84 bits per heavy atom. The van der Waals surface area contributed by atoms with Crippen LogP contribution < -0.4 is 5.32 Å². The number of benzene rings is 1. The molecule has 0 aliphatic heterocycles. The maximum absolute atomic E-state index is 13.5. The Hall–Kier alpha value is -1.21. The molecule has 2 nitrogen and oxygen atoms in total. The van der Waals surface area contributed by atoms with Crippen molar-refractivity contribution in [3.63, 3.8) is 0 Å². The molecule has 1 aromatic rings. The monoisotopic (exact) mass is 283 g/mol. The highest BCUT2D eigenvalue weighted by molar-refractivity contribution is 5.23. The van der Waals surface area contributed by atoms with Crippen LogP contribution in [0.5, 0.6) is 0 Å². The van der Waals surface area contributed by atoms with Crippen LogP contribution in [-0.4, -0.2) is 26.7 Å². The van der Waals surface area contributed by atoms with Crippen molar-refractivity contribution in [2.75, 3.05) is 20.3 Å². The summed E-state index contributed by atoms with van der Waals surface area (Å²) < 4.78 is 67.7. The smallest absolute Gasteiger partial charge is 0.261 e. The second-order valence-corrected chi connectivity index (χ2v) is 3.86. The quantitative estimate of drug-likeness (QED) is 0.472. The van der Waals surface area contributed by atoms with Gasteiger partial charge in [0.05, 0.1) is 0 Å². The van der Waals surface area contributed by atoms with Crippen LogP contribution in [-0.2, 0) is 4.74 Å². The molecular formula is C12H14F5NO. The Balaban J connectivity index is 2.67. The van der Waals surface area contributed by atoms with E-state index in [9.17, 15) is 22.0 Å². The highest BCUT2D eigenvalue weighted by atomic mass is 19.3. The van der Waals surface area contributed by atoms with E-state index >= 15 is 0 Å². The zero-order valence-corrected chi connectivity index (χ0v) is 10.2. The number of rotatable bonds is 7. The van der Waals surface area contributed by atoms with E-state index in [4.69, 9.17) is 0 Å². The molecule has 19 heavy (non-hydrogen) atoms. The molecule has 0 bridgehead atoms. The van der Waals surface area contributed by atoms with Gasteiger partial charge in [-0.2, -0.15) is 0 Å². The number of nitrogens with one attached hydrogen (secondary N) is 1. The van der Waals surface area contributed by atoms with Crippen LogP contribution >= 0.6 is 0 Å². The topological polar surface area (TPSA) is 21.3 Å². The number of alkyl halides is 2. The van der Waals surface area contributed by atoms with E-state index in [1.54, 1.807) is 0 Å². The van der Waals surface area contributed by atoms with Crippen molar-refractivity contribution in [3.8, 4) is 0 Å². The van der Waals surface area contributed by atoms with Gasteiger partial charge in [0.1, 0.15) is 6.61 Å². The zero-order chi connectivity index (χ0) is 14.4. The average Bonchev–Trinajstić information content (AvgIpc) is 2.37. The minimum absolute atomic E-state index is 0.0473. The summed E-state index contributed by atoms with van der Waals surface area (Å²) in [5.74, 6) is -4.11. The van der Waals surface area contributed by atoms with Gasteiger partial charge in [0.25, 0.3) is 6.43 Å². The van der Waals surface area contributed by atoms with Crippen LogP contribution in [0.1, 0.15) is 18.0 Å². The van der Waals surface area contributed by atoms with Crippen LogP contribution in [0.25, 0.3) is 0 Å². The number of ether oxygens (including phenoxy) is 1. The highest BCUT2D eigenvalue weighted by Gasteiger charge is 2.19. The summed E-state index contributed by atoms with van der Waals surface area (Å²) in [7, 11) is 1.50. The molecule has 1 N–H and O–H groups in total. The molecule has 1 rings (SSSR count). The van der Waals surface area contributed by atoms with E-state index in [1.165, 1.54) is 7.05 Å². The number of halogens is 5. The lowest BCUT2D eigenvalue weighted by molar-refractivity contribution is 0.0144. The van der Waals surface area contributed by atoms with Crippen molar-refractivity contribution in [2.24, 2.45) is 0 Å². The van der Waals surface area contributed by atoms with Crippen molar-refractivity contribution in [1.82, 2.24) is 5.32 Å². The first-order valence-electron chi connectivity index (χ1n) is 5.64. The molecule has 7 heteroatoms. The molecule has 0 heterocycles. The van der Waals surface area contributed by atoms with E-state index in [-0.39, 0.29) is 18.6 Å². The molecule has 0 saturated carbocycles. The molecule has 1 atom stereocenters. The largest absolute Gasteiger partial charge is 0.375 e. The summed E-state index contributed by atoms with van der Waals surface area (Å²) in [6.45, 7) is -0.759. The normalized spacial score (nSPS) is 13.0. The number of hydrogen-bond acceptors (Lipinski definition) is 2. The van der Waals surface area contributed by atoms with Crippen LogP contribution in [0.15, 0.2) is 12.1 Å². The van der Waals surface area contributed by atoms with Crippen LogP contribution in [0.2, 0.25) is 0 Å². The lowest BCUT2D eigenvalue weighted by Crippen LogP contribution is -2.21. The summed E-state index contributed by atoms with van der Waals surface area (Å²) in [5, 5.41) is 2.70. The van der Waals surface area contributed by atoms with Crippen molar-refractivity contribution >= 4 is 0 Å². The molecule has 0 spiro atoms. The van der Waals surface area contributed by atoms with E-state index in [0.717, 1.165) is 12.1 Å². The molecule has 0 aromatic heterocycles. The van der Waals surface area contributed by atoms with Crippen molar-refractivity contribution in [3.05, 3.63) is 35.1 Å². The summed E-state index contributed by atoms with van der Waals surface area (Å²) in [6, 6.07) is 1.29. The summed E-state index contributed by atoms with van der Waals surface area (Å²) in [5.41, 5.74) is -0.0675. The minimum Gasteiger partial charge on any atom is -0.375 e.